The number of furan rings is 1. The Morgan fingerprint density at radius 2 is 2.00 bits per heavy atom. The van der Waals surface area contributed by atoms with Gasteiger partial charge in [0.1, 0.15) is 0 Å². The molecule has 0 atom stereocenters. The van der Waals surface area contributed by atoms with Gasteiger partial charge in [-0.05, 0) is 12.1 Å². The fraction of sp³-hybridized carbons (Fsp3) is 0.182. The lowest BCUT2D eigenvalue weighted by atomic mass is 10.1. The van der Waals surface area contributed by atoms with Crippen LogP contribution in [0.25, 0.3) is 11.0 Å². The van der Waals surface area contributed by atoms with Crippen molar-refractivity contribution in [3.05, 3.63) is 35.0 Å². The second-order valence-corrected chi connectivity index (χ2v) is 3.93. The quantitative estimate of drug-likeness (QED) is 0.624. The van der Waals surface area contributed by atoms with Crippen molar-refractivity contribution >= 4 is 28.4 Å². The molecular weight excluding hydrogens is 276 g/mol. The fourth-order valence-corrected chi connectivity index (χ4v) is 1.62. The van der Waals surface area contributed by atoms with Crippen molar-refractivity contribution < 1.29 is 26.8 Å². The summed E-state index contributed by atoms with van der Waals surface area (Å²) in [7, 11) is 0. The summed E-state index contributed by atoms with van der Waals surface area (Å²) < 4.78 is 54.6. The van der Waals surface area contributed by atoms with Gasteiger partial charge < -0.3 is 4.42 Å². The number of fused-ring (bicyclic) bond motifs is 1. The van der Waals surface area contributed by atoms with Crippen LogP contribution in [0.2, 0.25) is 5.02 Å². The van der Waals surface area contributed by atoms with Crippen LogP contribution in [0.15, 0.2) is 28.7 Å². The molecule has 1 aromatic heterocycles. The Labute approximate surface area is 103 Å². The number of ketones is 1. The molecule has 0 bridgehead atoms. The van der Waals surface area contributed by atoms with Gasteiger partial charge in [0.05, 0.1) is 5.02 Å². The Kier molecular flexibility index (Phi) is 3.06. The van der Waals surface area contributed by atoms with Gasteiger partial charge in [-0.15, -0.1) is 0 Å². The third kappa shape index (κ3) is 1.96. The summed E-state index contributed by atoms with van der Waals surface area (Å²) in [6, 6.07) is 5.36. The summed E-state index contributed by atoms with van der Waals surface area (Å²) in [6.45, 7) is 0. The van der Waals surface area contributed by atoms with Gasteiger partial charge in [0.2, 0.25) is 0 Å². The fourth-order valence-electron chi connectivity index (χ4n) is 1.40. The van der Waals surface area contributed by atoms with Gasteiger partial charge >= 0.3 is 12.3 Å². The molecule has 0 radical (unpaired) electrons. The number of Topliss-reactive ketones (excluding diaryl/α,β-unsaturated/α-hetero) is 1. The van der Waals surface area contributed by atoms with E-state index in [4.69, 9.17) is 16.0 Å². The second kappa shape index (κ2) is 4.28. The van der Waals surface area contributed by atoms with Crippen molar-refractivity contribution in [3.8, 4) is 0 Å². The molecule has 0 aliphatic rings. The molecule has 1 heterocycles. The highest BCUT2D eigenvalue weighted by Crippen LogP contribution is 2.32. The van der Waals surface area contributed by atoms with Crippen LogP contribution in [-0.4, -0.2) is 18.1 Å². The molecule has 7 heteroatoms. The average Bonchev–Trinajstić information content (AvgIpc) is 2.73. The number of hydrogen-bond acceptors (Lipinski definition) is 2. The molecule has 0 aliphatic heterocycles. The summed E-state index contributed by atoms with van der Waals surface area (Å²) in [5.41, 5.74) is 0.00702. The molecule has 0 saturated heterocycles. The van der Waals surface area contributed by atoms with Crippen molar-refractivity contribution in [2.24, 2.45) is 0 Å². The van der Waals surface area contributed by atoms with Crippen molar-refractivity contribution in [1.29, 1.82) is 0 Å². The van der Waals surface area contributed by atoms with E-state index in [1.807, 2.05) is 0 Å². The first-order chi connectivity index (χ1) is 8.34. The number of hydrogen-bond donors (Lipinski definition) is 0. The van der Waals surface area contributed by atoms with Crippen LogP contribution in [0.4, 0.5) is 17.6 Å². The lowest BCUT2D eigenvalue weighted by Crippen LogP contribution is -2.36. The Morgan fingerprint density at radius 1 is 1.33 bits per heavy atom. The van der Waals surface area contributed by atoms with Crippen LogP contribution in [0.1, 0.15) is 10.6 Å². The van der Waals surface area contributed by atoms with Crippen LogP contribution in [0.3, 0.4) is 0 Å². The molecule has 0 saturated carbocycles. The number of halogens is 5. The highest BCUT2D eigenvalue weighted by Gasteiger charge is 2.50. The highest BCUT2D eigenvalue weighted by atomic mass is 35.5. The molecule has 0 aliphatic carbocycles. The minimum atomic E-state index is -4.78. The lowest BCUT2D eigenvalue weighted by molar-refractivity contribution is -0.0968. The molecule has 2 rings (SSSR count). The molecule has 0 unspecified atom stereocenters. The van der Waals surface area contributed by atoms with Gasteiger partial charge in [-0.25, -0.2) is 8.78 Å². The molecular formula is C11H5ClF4O2. The zero-order valence-electron chi connectivity index (χ0n) is 8.59. The van der Waals surface area contributed by atoms with Gasteiger partial charge in [0.15, 0.2) is 11.3 Å². The molecule has 2 aromatic rings. The highest BCUT2D eigenvalue weighted by molar-refractivity contribution is 6.34. The van der Waals surface area contributed by atoms with Crippen molar-refractivity contribution in [3.63, 3.8) is 0 Å². The smallest absolute Gasteiger partial charge is 0.372 e. The summed E-state index contributed by atoms with van der Waals surface area (Å²) in [5, 5.41) is 0.392. The number of carbonyl (C=O) groups excluding carboxylic acids is 1. The molecule has 0 N–H and O–H groups in total. The SMILES string of the molecule is O=C(c1cc2cccc(Cl)c2o1)C(F)(F)C(F)F. The summed E-state index contributed by atoms with van der Waals surface area (Å²) >= 11 is 5.71. The third-order valence-corrected chi connectivity index (χ3v) is 2.59. The van der Waals surface area contributed by atoms with E-state index in [1.165, 1.54) is 18.2 Å². The predicted molar refractivity (Wildman–Crippen MR) is 56.5 cm³/mol. The van der Waals surface area contributed by atoms with Gasteiger partial charge in [-0.3, -0.25) is 4.79 Å². The second-order valence-electron chi connectivity index (χ2n) is 3.52. The number of rotatable bonds is 3. The number of para-hydroxylation sites is 1. The minimum absolute atomic E-state index is 0.00702. The maximum atomic E-state index is 12.9. The van der Waals surface area contributed by atoms with Gasteiger partial charge in [0, 0.05) is 5.39 Å². The van der Waals surface area contributed by atoms with Crippen LogP contribution in [-0.2, 0) is 0 Å². The van der Waals surface area contributed by atoms with Crippen LogP contribution in [0.5, 0.6) is 0 Å². The van der Waals surface area contributed by atoms with Gasteiger partial charge in [-0.1, -0.05) is 23.7 Å². The topological polar surface area (TPSA) is 30.2 Å². The lowest BCUT2D eigenvalue weighted by Gasteiger charge is -2.11. The summed E-state index contributed by atoms with van der Waals surface area (Å²) in [6.07, 6.45) is -4.09. The molecule has 2 nitrogen and oxygen atoms in total. The van der Waals surface area contributed by atoms with E-state index in [-0.39, 0.29) is 16.0 Å². The zero-order valence-corrected chi connectivity index (χ0v) is 9.35. The van der Waals surface area contributed by atoms with Crippen molar-refractivity contribution in [2.75, 3.05) is 0 Å². The minimum Gasteiger partial charge on any atom is -0.451 e. The third-order valence-electron chi connectivity index (χ3n) is 2.30. The maximum absolute atomic E-state index is 12.9. The Bertz CT molecular complexity index is 606. The molecule has 0 amide bonds. The van der Waals surface area contributed by atoms with E-state index in [0.717, 1.165) is 6.07 Å². The van der Waals surface area contributed by atoms with Gasteiger partial charge in [-0.2, -0.15) is 8.78 Å². The predicted octanol–water partition coefficient (Wildman–Crippen LogP) is 4.17. The first-order valence-electron chi connectivity index (χ1n) is 4.73. The molecule has 0 fully saturated rings. The first kappa shape index (κ1) is 12.9. The number of benzene rings is 1. The first-order valence-corrected chi connectivity index (χ1v) is 5.10. The largest absolute Gasteiger partial charge is 0.451 e. The van der Waals surface area contributed by atoms with E-state index in [1.54, 1.807) is 0 Å². The van der Waals surface area contributed by atoms with Crippen molar-refractivity contribution in [1.82, 2.24) is 0 Å². The standard InChI is InChI=1S/C11H5ClF4O2/c12-6-3-1-2-5-4-7(18-8(5)6)9(17)11(15,16)10(13)14/h1-4,10H. The number of alkyl halides is 4. The van der Waals surface area contributed by atoms with Crippen molar-refractivity contribution in [2.45, 2.75) is 12.3 Å². The van der Waals surface area contributed by atoms with Crippen LogP contribution >= 0.6 is 11.6 Å². The Morgan fingerprint density at radius 3 is 2.56 bits per heavy atom. The number of carbonyl (C=O) groups is 1. The molecule has 0 spiro atoms. The Balaban J connectivity index is 2.50. The van der Waals surface area contributed by atoms with E-state index < -0.39 is 23.9 Å². The summed E-state index contributed by atoms with van der Waals surface area (Å²) in [4.78, 5) is 11.2. The van der Waals surface area contributed by atoms with E-state index in [9.17, 15) is 22.4 Å². The van der Waals surface area contributed by atoms with Crippen LogP contribution in [0, 0.1) is 0 Å². The zero-order chi connectivity index (χ0) is 13.5. The van der Waals surface area contributed by atoms with E-state index >= 15 is 0 Å². The van der Waals surface area contributed by atoms with E-state index in [2.05, 4.69) is 0 Å². The molecule has 96 valence electrons. The van der Waals surface area contributed by atoms with E-state index in [0.29, 0.717) is 0 Å². The maximum Gasteiger partial charge on any atom is 0.372 e. The normalized spacial score (nSPS) is 12.3. The Hall–Kier alpha value is -1.56. The van der Waals surface area contributed by atoms with Crippen LogP contribution < -0.4 is 0 Å². The summed E-state index contributed by atoms with van der Waals surface area (Å²) in [5.74, 6) is -7.69. The average molecular weight is 281 g/mol. The monoisotopic (exact) mass is 280 g/mol. The molecule has 1 aromatic carbocycles. The van der Waals surface area contributed by atoms with Gasteiger partial charge in [0.25, 0.3) is 5.78 Å². The molecule has 18 heavy (non-hydrogen) atoms.